The molecule has 0 bridgehead atoms. The Balaban J connectivity index is 1.48. The van der Waals surface area contributed by atoms with Gasteiger partial charge in [-0.05, 0) is 47.2 Å². The van der Waals surface area contributed by atoms with Gasteiger partial charge in [-0.25, -0.2) is 8.42 Å². The SMILES string of the molecule is N#Cc1ccc(Cl)cc1NC(=O)COC(=O)CC1c2ccccc2CCN1S(=O)(=O)c1cccs1. The number of benzene rings is 2. The van der Waals surface area contributed by atoms with Crippen molar-refractivity contribution in [2.75, 3.05) is 18.5 Å². The first-order valence-electron chi connectivity index (χ1n) is 10.6. The molecule has 8 nitrogen and oxygen atoms in total. The number of hydrogen-bond acceptors (Lipinski definition) is 7. The van der Waals surface area contributed by atoms with Crippen molar-refractivity contribution in [3.05, 3.63) is 81.7 Å². The summed E-state index contributed by atoms with van der Waals surface area (Å²) in [5.74, 6) is -1.37. The first kappa shape index (κ1) is 24.9. The number of thiophene rings is 1. The van der Waals surface area contributed by atoms with Crippen molar-refractivity contribution < 1.29 is 22.7 Å². The number of nitrogens with one attached hydrogen (secondary N) is 1. The van der Waals surface area contributed by atoms with E-state index in [1.54, 1.807) is 23.6 Å². The molecule has 0 fully saturated rings. The fraction of sp³-hybridized carbons (Fsp3) is 0.208. The van der Waals surface area contributed by atoms with Crippen molar-refractivity contribution in [3.8, 4) is 6.07 Å². The lowest BCUT2D eigenvalue weighted by atomic mass is 9.92. The molecular formula is C24H20ClN3O5S2. The maximum absolute atomic E-state index is 13.3. The minimum absolute atomic E-state index is 0.199. The van der Waals surface area contributed by atoms with Gasteiger partial charge in [0.2, 0.25) is 0 Å². The number of halogens is 1. The van der Waals surface area contributed by atoms with Gasteiger partial charge in [-0.3, -0.25) is 9.59 Å². The summed E-state index contributed by atoms with van der Waals surface area (Å²) >= 11 is 7.04. The van der Waals surface area contributed by atoms with Crippen LogP contribution < -0.4 is 5.32 Å². The molecule has 2 heterocycles. The van der Waals surface area contributed by atoms with E-state index >= 15 is 0 Å². The molecule has 3 aromatic rings. The molecule has 1 atom stereocenters. The molecule has 0 aliphatic carbocycles. The van der Waals surface area contributed by atoms with E-state index in [4.69, 9.17) is 16.3 Å². The number of carbonyl (C=O) groups excluding carboxylic acids is 2. The number of carbonyl (C=O) groups is 2. The van der Waals surface area contributed by atoms with Crippen LogP contribution >= 0.6 is 22.9 Å². The molecule has 1 aliphatic heterocycles. The number of nitrogens with zero attached hydrogens (tertiary/aromatic N) is 2. The molecule has 0 radical (unpaired) electrons. The third-order valence-electron chi connectivity index (χ3n) is 5.52. The molecular weight excluding hydrogens is 510 g/mol. The molecule has 4 rings (SSSR count). The Morgan fingerprint density at radius 3 is 2.74 bits per heavy atom. The molecule has 0 saturated carbocycles. The summed E-state index contributed by atoms with van der Waals surface area (Å²) < 4.78 is 33.3. The zero-order chi connectivity index (χ0) is 25.0. The average molecular weight is 530 g/mol. The van der Waals surface area contributed by atoms with Crippen LogP contribution in [0, 0.1) is 11.3 Å². The van der Waals surface area contributed by atoms with Crippen LogP contribution in [0.25, 0.3) is 0 Å². The van der Waals surface area contributed by atoms with Crippen LogP contribution in [-0.4, -0.2) is 37.8 Å². The average Bonchev–Trinajstić information content (AvgIpc) is 3.39. The standard InChI is InChI=1S/C24H20ClN3O5S2/c25-18-8-7-17(14-26)20(12-18)27-22(29)15-33-23(30)13-21-19-5-2-1-4-16(19)9-10-28(21)35(31,32)24-6-3-11-34-24/h1-8,11-12,21H,9-10,13,15H2,(H,27,29). The van der Waals surface area contributed by atoms with Crippen LogP contribution in [-0.2, 0) is 30.8 Å². The minimum Gasteiger partial charge on any atom is -0.456 e. The first-order chi connectivity index (χ1) is 16.8. The third-order valence-corrected chi connectivity index (χ3v) is 9.04. The second-order valence-electron chi connectivity index (χ2n) is 7.73. The van der Waals surface area contributed by atoms with E-state index in [1.165, 1.54) is 28.6 Å². The Hall–Kier alpha value is -3.23. The van der Waals surface area contributed by atoms with Crippen LogP contribution in [0.15, 0.2) is 64.2 Å². The Morgan fingerprint density at radius 1 is 1.20 bits per heavy atom. The van der Waals surface area contributed by atoms with E-state index in [2.05, 4.69) is 5.32 Å². The molecule has 0 spiro atoms. The van der Waals surface area contributed by atoms with E-state index in [1.807, 2.05) is 18.2 Å². The molecule has 0 saturated heterocycles. The van der Waals surface area contributed by atoms with Gasteiger partial charge in [-0.15, -0.1) is 11.3 Å². The number of rotatable bonds is 7. The number of sulfonamides is 1. The normalized spacial score (nSPS) is 15.6. The summed E-state index contributed by atoms with van der Waals surface area (Å²) in [4.78, 5) is 25.0. The quantitative estimate of drug-likeness (QED) is 0.460. The fourth-order valence-corrected chi connectivity index (χ4v) is 6.82. The van der Waals surface area contributed by atoms with Crippen LogP contribution in [0.1, 0.15) is 29.2 Å². The zero-order valence-corrected chi connectivity index (χ0v) is 20.7. The number of nitriles is 1. The van der Waals surface area contributed by atoms with E-state index < -0.39 is 34.5 Å². The molecule has 1 aliphatic rings. The van der Waals surface area contributed by atoms with Gasteiger partial charge in [0.15, 0.2) is 6.61 Å². The Labute approximate surface area is 211 Å². The van der Waals surface area contributed by atoms with Crippen molar-refractivity contribution >= 4 is 50.5 Å². The largest absolute Gasteiger partial charge is 0.456 e. The molecule has 2 aromatic carbocycles. The van der Waals surface area contributed by atoms with E-state index in [0.29, 0.717) is 11.4 Å². The van der Waals surface area contributed by atoms with Crippen molar-refractivity contribution in [3.63, 3.8) is 0 Å². The fourth-order valence-electron chi connectivity index (χ4n) is 3.92. The highest BCUT2D eigenvalue weighted by Crippen LogP contribution is 2.37. The number of ether oxygens (including phenoxy) is 1. The molecule has 1 N–H and O–H groups in total. The van der Waals surface area contributed by atoms with Crippen molar-refractivity contribution in [1.29, 1.82) is 5.26 Å². The van der Waals surface area contributed by atoms with Crippen molar-refractivity contribution in [2.24, 2.45) is 0 Å². The summed E-state index contributed by atoms with van der Waals surface area (Å²) in [5.41, 5.74) is 2.11. The summed E-state index contributed by atoms with van der Waals surface area (Å²) in [6.45, 7) is -0.371. The number of amides is 1. The lowest BCUT2D eigenvalue weighted by Gasteiger charge is -2.35. The highest BCUT2D eigenvalue weighted by Gasteiger charge is 2.38. The van der Waals surface area contributed by atoms with Gasteiger partial charge < -0.3 is 10.1 Å². The van der Waals surface area contributed by atoms with Crippen LogP contribution in [0.4, 0.5) is 5.69 Å². The molecule has 180 valence electrons. The monoisotopic (exact) mass is 529 g/mol. The van der Waals surface area contributed by atoms with Gasteiger partial charge in [0.1, 0.15) is 10.3 Å². The lowest BCUT2D eigenvalue weighted by Crippen LogP contribution is -2.41. The van der Waals surface area contributed by atoms with Crippen molar-refractivity contribution in [1.82, 2.24) is 4.31 Å². The predicted molar refractivity (Wildman–Crippen MR) is 131 cm³/mol. The second-order valence-corrected chi connectivity index (χ2v) is 11.2. The van der Waals surface area contributed by atoms with Gasteiger partial charge in [0, 0.05) is 11.6 Å². The van der Waals surface area contributed by atoms with Crippen LogP contribution in [0.3, 0.4) is 0 Å². The summed E-state index contributed by atoms with van der Waals surface area (Å²) in [7, 11) is -3.82. The summed E-state index contributed by atoms with van der Waals surface area (Å²) in [5, 5.41) is 13.7. The predicted octanol–water partition coefficient (Wildman–Crippen LogP) is 4.13. The summed E-state index contributed by atoms with van der Waals surface area (Å²) in [6.07, 6.45) is 0.269. The zero-order valence-electron chi connectivity index (χ0n) is 18.3. The van der Waals surface area contributed by atoms with Crippen LogP contribution in [0.5, 0.6) is 0 Å². The molecule has 1 aromatic heterocycles. The minimum atomic E-state index is -3.82. The lowest BCUT2D eigenvalue weighted by molar-refractivity contribution is -0.148. The smallest absolute Gasteiger partial charge is 0.308 e. The van der Waals surface area contributed by atoms with Gasteiger partial charge in [-0.1, -0.05) is 41.9 Å². The maximum Gasteiger partial charge on any atom is 0.308 e. The third kappa shape index (κ3) is 5.55. The highest BCUT2D eigenvalue weighted by atomic mass is 35.5. The Morgan fingerprint density at radius 2 is 2.00 bits per heavy atom. The van der Waals surface area contributed by atoms with E-state index in [9.17, 15) is 23.3 Å². The summed E-state index contributed by atoms with van der Waals surface area (Å²) in [6, 6.07) is 16.2. The molecule has 1 amide bonds. The topological polar surface area (TPSA) is 117 Å². The number of fused-ring (bicyclic) bond motifs is 1. The van der Waals surface area contributed by atoms with Gasteiger partial charge in [-0.2, -0.15) is 9.57 Å². The van der Waals surface area contributed by atoms with Gasteiger partial charge >= 0.3 is 5.97 Å². The maximum atomic E-state index is 13.3. The first-order valence-corrected chi connectivity index (χ1v) is 13.3. The number of hydrogen-bond donors (Lipinski definition) is 1. The number of anilines is 1. The number of esters is 1. The van der Waals surface area contributed by atoms with Gasteiger partial charge in [0.25, 0.3) is 15.9 Å². The van der Waals surface area contributed by atoms with E-state index in [0.717, 1.165) is 22.5 Å². The Kier molecular flexibility index (Phi) is 7.52. The Bertz CT molecular complexity index is 1400. The molecule has 35 heavy (non-hydrogen) atoms. The highest BCUT2D eigenvalue weighted by molar-refractivity contribution is 7.91. The van der Waals surface area contributed by atoms with E-state index in [-0.39, 0.29) is 28.4 Å². The van der Waals surface area contributed by atoms with Crippen molar-refractivity contribution in [2.45, 2.75) is 23.1 Å². The molecule has 11 heteroatoms. The second kappa shape index (κ2) is 10.6. The van der Waals surface area contributed by atoms with Gasteiger partial charge in [0.05, 0.1) is 23.7 Å². The van der Waals surface area contributed by atoms with Crippen LogP contribution in [0.2, 0.25) is 5.02 Å². The molecule has 1 unspecified atom stereocenters.